The number of aromatic nitrogens is 1. The molecule has 1 atom stereocenters. The van der Waals surface area contributed by atoms with Gasteiger partial charge in [0, 0.05) is 29.9 Å². The maximum Gasteiger partial charge on any atom is 0.253 e. The van der Waals surface area contributed by atoms with Crippen molar-refractivity contribution in [2.75, 3.05) is 31.1 Å². The number of morpholine rings is 1. The minimum absolute atomic E-state index is 0.0620. The number of carbonyl (C=O) groups excluding carboxylic acids is 1. The molecule has 0 bridgehead atoms. The third-order valence-electron chi connectivity index (χ3n) is 5.24. The number of rotatable bonds is 3. The first-order valence-corrected chi connectivity index (χ1v) is 9.81. The van der Waals surface area contributed by atoms with Crippen LogP contribution >= 0.6 is 11.3 Å². The zero-order chi connectivity index (χ0) is 18.0. The van der Waals surface area contributed by atoms with E-state index < -0.39 is 0 Å². The minimum Gasteiger partial charge on any atom is -0.363 e. The predicted octanol–water partition coefficient (Wildman–Crippen LogP) is 3.07. The van der Waals surface area contributed by atoms with Gasteiger partial charge in [0.2, 0.25) is 0 Å². The molecule has 3 heterocycles. The van der Waals surface area contributed by atoms with Gasteiger partial charge in [-0.1, -0.05) is 0 Å². The van der Waals surface area contributed by atoms with Gasteiger partial charge in [0.15, 0.2) is 0 Å². The predicted molar refractivity (Wildman–Crippen MR) is 98.7 cm³/mol. The van der Waals surface area contributed by atoms with E-state index >= 15 is 0 Å². The second-order valence-corrected chi connectivity index (χ2v) is 8.00. The molecule has 1 spiro atoms. The normalized spacial score (nSPS) is 24.8. The van der Waals surface area contributed by atoms with Crippen molar-refractivity contribution >= 4 is 22.9 Å². The van der Waals surface area contributed by atoms with Crippen LogP contribution in [0.5, 0.6) is 0 Å². The topological polar surface area (TPSA) is 45.7 Å². The molecule has 26 heavy (non-hydrogen) atoms. The molecule has 0 radical (unpaired) electrons. The van der Waals surface area contributed by atoms with Crippen LogP contribution < -0.4 is 4.90 Å². The summed E-state index contributed by atoms with van der Waals surface area (Å²) in [5, 5.41) is 0. The van der Waals surface area contributed by atoms with Gasteiger partial charge in [-0.25, -0.2) is 4.39 Å². The highest BCUT2D eigenvalue weighted by Crippen LogP contribution is 2.33. The lowest BCUT2D eigenvalue weighted by Gasteiger charge is -2.42. The molecule has 0 N–H and O–H groups in total. The van der Waals surface area contributed by atoms with Crippen LogP contribution in [0.3, 0.4) is 0 Å². The molecule has 2 aliphatic heterocycles. The Morgan fingerprint density at radius 1 is 1.23 bits per heavy atom. The minimum atomic E-state index is -0.315. The van der Waals surface area contributed by atoms with Crippen LogP contribution in [0.4, 0.5) is 10.1 Å². The summed E-state index contributed by atoms with van der Waals surface area (Å²) in [5.41, 5.74) is 2.29. The fourth-order valence-electron chi connectivity index (χ4n) is 3.80. The zero-order valence-electron chi connectivity index (χ0n) is 14.6. The van der Waals surface area contributed by atoms with Crippen LogP contribution in [0.15, 0.2) is 36.0 Å². The standard InChI is InChI=1S/C19H22FN3O2S/c20-15-2-4-16(5-3-15)23-13-19(25-12-18(23)24)6-1-8-22(9-7-19)11-17-10-21-14-26-17/h2-5,10,14H,1,6-9,11-13H2. The fraction of sp³-hybridized carbons (Fsp3) is 0.474. The molecule has 1 amide bonds. The Morgan fingerprint density at radius 2 is 2.08 bits per heavy atom. The number of anilines is 1. The number of hydrogen-bond donors (Lipinski definition) is 0. The van der Waals surface area contributed by atoms with Crippen LogP contribution in [0, 0.1) is 5.82 Å². The van der Waals surface area contributed by atoms with Crippen molar-refractivity contribution in [3.8, 4) is 0 Å². The molecule has 0 saturated carbocycles. The summed E-state index contributed by atoms with van der Waals surface area (Å²) in [6.07, 6.45) is 4.77. The van der Waals surface area contributed by atoms with Crippen molar-refractivity contribution in [2.45, 2.75) is 31.4 Å². The van der Waals surface area contributed by atoms with E-state index in [4.69, 9.17) is 4.74 Å². The molecule has 2 aromatic rings. The number of ether oxygens (including phenoxy) is 1. The van der Waals surface area contributed by atoms with Gasteiger partial charge < -0.3 is 9.64 Å². The maximum atomic E-state index is 13.2. The molecule has 138 valence electrons. The Hall–Kier alpha value is -1.83. The van der Waals surface area contributed by atoms with E-state index in [1.165, 1.54) is 17.0 Å². The number of nitrogens with zero attached hydrogens (tertiary/aromatic N) is 3. The monoisotopic (exact) mass is 375 g/mol. The summed E-state index contributed by atoms with van der Waals surface area (Å²) in [7, 11) is 0. The quantitative estimate of drug-likeness (QED) is 0.827. The lowest BCUT2D eigenvalue weighted by molar-refractivity contribution is -0.140. The second kappa shape index (κ2) is 7.42. The average Bonchev–Trinajstić information content (AvgIpc) is 3.08. The van der Waals surface area contributed by atoms with Crippen molar-refractivity contribution in [2.24, 2.45) is 0 Å². The van der Waals surface area contributed by atoms with Crippen molar-refractivity contribution in [3.05, 3.63) is 46.7 Å². The molecule has 1 unspecified atom stereocenters. The first kappa shape index (κ1) is 17.6. The van der Waals surface area contributed by atoms with E-state index in [0.717, 1.165) is 44.6 Å². The molecule has 7 heteroatoms. The largest absolute Gasteiger partial charge is 0.363 e. The molecule has 2 saturated heterocycles. The van der Waals surface area contributed by atoms with Crippen LogP contribution in [-0.2, 0) is 16.1 Å². The Balaban J connectivity index is 1.45. The third kappa shape index (κ3) is 3.79. The van der Waals surface area contributed by atoms with Crippen molar-refractivity contribution in [1.29, 1.82) is 0 Å². The lowest BCUT2D eigenvalue weighted by atomic mass is 9.92. The summed E-state index contributed by atoms with van der Waals surface area (Å²) < 4.78 is 19.3. The van der Waals surface area contributed by atoms with Crippen molar-refractivity contribution < 1.29 is 13.9 Å². The molecular weight excluding hydrogens is 353 g/mol. The maximum absolute atomic E-state index is 13.2. The first-order chi connectivity index (χ1) is 12.6. The molecule has 4 rings (SSSR count). The van der Waals surface area contributed by atoms with Gasteiger partial charge in [0.25, 0.3) is 5.91 Å². The SMILES string of the molecule is O=C1COC2(CCCN(Cc3cncs3)CC2)CN1c1ccc(F)cc1. The molecule has 0 aliphatic carbocycles. The van der Waals surface area contributed by atoms with Gasteiger partial charge in [-0.3, -0.25) is 14.7 Å². The highest BCUT2D eigenvalue weighted by Gasteiger charge is 2.41. The van der Waals surface area contributed by atoms with Gasteiger partial charge in [0.05, 0.1) is 17.7 Å². The molecule has 1 aromatic heterocycles. The Bertz CT molecular complexity index is 753. The van der Waals surface area contributed by atoms with Gasteiger partial charge in [0.1, 0.15) is 12.4 Å². The summed E-state index contributed by atoms with van der Waals surface area (Å²) in [4.78, 5) is 22.0. The lowest BCUT2D eigenvalue weighted by Crippen LogP contribution is -2.55. The summed E-state index contributed by atoms with van der Waals surface area (Å²) in [5.74, 6) is -0.356. The number of likely N-dealkylation sites (tertiary alicyclic amines) is 1. The summed E-state index contributed by atoms with van der Waals surface area (Å²) in [6, 6.07) is 6.13. The van der Waals surface area contributed by atoms with E-state index in [1.54, 1.807) is 28.4 Å². The van der Waals surface area contributed by atoms with Gasteiger partial charge >= 0.3 is 0 Å². The molecular formula is C19H22FN3O2S. The first-order valence-electron chi connectivity index (χ1n) is 8.93. The summed E-state index contributed by atoms with van der Waals surface area (Å²) in [6.45, 7) is 3.50. The van der Waals surface area contributed by atoms with E-state index in [0.29, 0.717) is 6.54 Å². The molecule has 2 aliphatic rings. The number of carbonyl (C=O) groups is 1. The van der Waals surface area contributed by atoms with Crippen LogP contribution in [-0.4, -0.2) is 47.6 Å². The van der Waals surface area contributed by atoms with Crippen molar-refractivity contribution in [3.63, 3.8) is 0 Å². The second-order valence-electron chi connectivity index (χ2n) is 7.03. The van der Waals surface area contributed by atoms with Gasteiger partial charge in [-0.2, -0.15) is 0 Å². The number of amides is 1. The Labute approximate surface area is 156 Å². The number of benzene rings is 1. The third-order valence-corrected chi connectivity index (χ3v) is 6.01. The smallest absolute Gasteiger partial charge is 0.253 e. The number of hydrogen-bond acceptors (Lipinski definition) is 5. The number of thiazole rings is 1. The van der Waals surface area contributed by atoms with Crippen LogP contribution in [0.1, 0.15) is 24.1 Å². The molecule has 5 nitrogen and oxygen atoms in total. The molecule has 1 aromatic carbocycles. The van der Waals surface area contributed by atoms with E-state index in [-0.39, 0.29) is 23.9 Å². The average molecular weight is 375 g/mol. The highest BCUT2D eigenvalue weighted by molar-refractivity contribution is 7.09. The molecule has 2 fully saturated rings. The van der Waals surface area contributed by atoms with Crippen molar-refractivity contribution in [1.82, 2.24) is 9.88 Å². The fourth-order valence-corrected chi connectivity index (χ4v) is 4.43. The van der Waals surface area contributed by atoms with Crippen LogP contribution in [0.25, 0.3) is 0 Å². The van der Waals surface area contributed by atoms with Gasteiger partial charge in [-0.05, 0) is 50.1 Å². The van der Waals surface area contributed by atoms with Gasteiger partial charge in [-0.15, -0.1) is 11.3 Å². The van der Waals surface area contributed by atoms with E-state index in [9.17, 15) is 9.18 Å². The zero-order valence-corrected chi connectivity index (χ0v) is 15.4. The Kier molecular flexibility index (Phi) is 5.02. The van der Waals surface area contributed by atoms with E-state index in [2.05, 4.69) is 9.88 Å². The van der Waals surface area contributed by atoms with Crippen LogP contribution in [0.2, 0.25) is 0 Å². The van der Waals surface area contributed by atoms with E-state index in [1.807, 2.05) is 11.7 Å². The number of halogens is 1. The summed E-state index contributed by atoms with van der Waals surface area (Å²) >= 11 is 1.68. The Morgan fingerprint density at radius 3 is 2.85 bits per heavy atom. The highest BCUT2D eigenvalue weighted by atomic mass is 32.1.